The van der Waals surface area contributed by atoms with Crippen LogP contribution < -0.4 is 5.32 Å². The fourth-order valence-corrected chi connectivity index (χ4v) is 4.16. The van der Waals surface area contributed by atoms with Crippen LogP contribution in [0.3, 0.4) is 0 Å². The summed E-state index contributed by atoms with van der Waals surface area (Å²) in [5.74, 6) is 0.668. The van der Waals surface area contributed by atoms with E-state index in [4.69, 9.17) is 4.74 Å². The Balaban J connectivity index is 1.30. The first-order valence-corrected chi connectivity index (χ1v) is 10.4. The average molecular weight is 380 g/mol. The summed E-state index contributed by atoms with van der Waals surface area (Å²) in [7, 11) is 0. The highest BCUT2D eigenvalue weighted by Crippen LogP contribution is 2.25. The van der Waals surface area contributed by atoms with Gasteiger partial charge in [-0.25, -0.2) is 0 Å². The van der Waals surface area contributed by atoms with Gasteiger partial charge in [-0.3, -0.25) is 9.78 Å². The molecule has 1 aromatic carbocycles. The van der Waals surface area contributed by atoms with E-state index in [1.165, 1.54) is 18.4 Å². The van der Waals surface area contributed by atoms with Gasteiger partial charge in [0.15, 0.2) is 0 Å². The van der Waals surface area contributed by atoms with Gasteiger partial charge < -0.3 is 15.0 Å². The summed E-state index contributed by atoms with van der Waals surface area (Å²) in [6.07, 6.45) is 6.15. The lowest BCUT2D eigenvalue weighted by molar-refractivity contribution is -0.00161. The highest BCUT2D eigenvalue weighted by molar-refractivity contribution is 5.94. The van der Waals surface area contributed by atoms with Crippen LogP contribution in [0.4, 0.5) is 0 Å². The van der Waals surface area contributed by atoms with Crippen molar-refractivity contribution >= 4 is 5.91 Å². The van der Waals surface area contributed by atoms with Gasteiger partial charge in [-0.15, -0.1) is 0 Å². The monoisotopic (exact) mass is 379 g/mol. The van der Waals surface area contributed by atoms with Gasteiger partial charge in [-0.1, -0.05) is 18.2 Å². The molecule has 0 saturated carbocycles. The molecule has 1 N–H and O–H groups in total. The van der Waals surface area contributed by atoms with Gasteiger partial charge in [0.05, 0.1) is 18.4 Å². The molecule has 2 aliphatic rings. The number of aromatic nitrogens is 1. The van der Waals surface area contributed by atoms with Crippen molar-refractivity contribution in [2.24, 2.45) is 0 Å². The summed E-state index contributed by atoms with van der Waals surface area (Å²) in [5, 5.41) is 3.46. The lowest BCUT2D eigenvalue weighted by Gasteiger charge is -2.32. The Bertz CT molecular complexity index is 766. The fourth-order valence-electron chi connectivity index (χ4n) is 4.16. The maximum atomic E-state index is 13.0. The van der Waals surface area contributed by atoms with Crippen molar-refractivity contribution in [1.82, 2.24) is 15.2 Å². The van der Waals surface area contributed by atoms with Gasteiger partial charge in [0.1, 0.15) is 0 Å². The molecule has 2 saturated heterocycles. The van der Waals surface area contributed by atoms with Gasteiger partial charge in [0.2, 0.25) is 0 Å². The molecule has 5 nitrogen and oxygen atoms in total. The predicted octanol–water partition coefficient (Wildman–Crippen LogP) is 3.37. The molecule has 1 aromatic heterocycles. The minimum absolute atomic E-state index is 0.147. The van der Waals surface area contributed by atoms with Gasteiger partial charge in [0, 0.05) is 31.4 Å². The number of pyridine rings is 1. The number of amides is 1. The minimum atomic E-state index is 0.147. The molecule has 2 aliphatic heterocycles. The number of ether oxygens (including phenoxy) is 1. The van der Waals surface area contributed by atoms with Crippen LogP contribution in [0, 0.1) is 0 Å². The molecule has 148 valence electrons. The number of piperidine rings is 2. The topological polar surface area (TPSA) is 54.5 Å². The maximum Gasteiger partial charge on any atom is 0.253 e. The van der Waals surface area contributed by atoms with E-state index in [-0.39, 0.29) is 12.0 Å². The molecular weight excluding hydrogens is 350 g/mol. The molecule has 0 spiro atoms. The predicted molar refractivity (Wildman–Crippen MR) is 109 cm³/mol. The Morgan fingerprint density at radius 1 is 1.14 bits per heavy atom. The average Bonchev–Trinajstić information content (AvgIpc) is 2.79. The van der Waals surface area contributed by atoms with Gasteiger partial charge >= 0.3 is 0 Å². The van der Waals surface area contributed by atoms with Gasteiger partial charge in [0.25, 0.3) is 5.91 Å². The van der Waals surface area contributed by atoms with E-state index < -0.39 is 0 Å². The number of nitrogens with zero attached hydrogens (tertiary/aromatic N) is 2. The van der Waals surface area contributed by atoms with E-state index in [9.17, 15) is 4.79 Å². The summed E-state index contributed by atoms with van der Waals surface area (Å²) < 4.78 is 5.99. The van der Waals surface area contributed by atoms with E-state index >= 15 is 0 Å². The molecule has 28 heavy (non-hydrogen) atoms. The van der Waals surface area contributed by atoms with Crippen LogP contribution >= 0.6 is 0 Å². The molecule has 1 amide bonds. The molecular formula is C23H29N3O2. The van der Waals surface area contributed by atoms with Crippen LogP contribution in [0.25, 0.3) is 0 Å². The molecule has 0 bridgehead atoms. The molecule has 4 rings (SSSR count). The number of likely N-dealkylation sites (tertiary alicyclic amines) is 1. The zero-order valence-corrected chi connectivity index (χ0v) is 16.3. The zero-order valence-electron chi connectivity index (χ0n) is 16.3. The first-order valence-electron chi connectivity index (χ1n) is 10.4. The fraction of sp³-hybridized carbons (Fsp3) is 0.478. The molecule has 2 fully saturated rings. The quantitative estimate of drug-likeness (QED) is 0.865. The standard InChI is InChI=1S/C23H29N3O2/c27-23(19-6-3-5-18(15-19)20-7-4-11-24-16-20)26-13-9-22(10-14-26)28-17-21-8-1-2-12-25-21/h1-3,5-6,8,12,15,20,22,24H,4,7,9-11,13-14,16-17H2. The van der Waals surface area contributed by atoms with Crippen molar-refractivity contribution in [3.63, 3.8) is 0 Å². The van der Waals surface area contributed by atoms with E-state index in [2.05, 4.69) is 22.4 Å². The number of hydrogen-bond donors (Lipinski definition) is 1. The van der Waals surface area contributed by atoms with Crippen LogP contribution in [-0.4, -0.2) is 48.1 Å². The lowest BCUT2D eigenvalue weighted by atomic mass is 9.90. The largest absolute Gasteiger partial charge is 0.372 e. The lowest BCUT2D eigenvalue weighted by Crippen LogP contribution is -2.41. The van der Waals surface area contributed by atoms with Crippen molar-refractivity contribution < 1.29 is 9.53 Å². The second kappa shape index (κ2) is 9.30. The Morgan fingerprint density at radius 3 is 2.79 bits per heavy atom. The van der Waals surface area contributed by atoms with Crippen molar-refractivity contribution in [3.8, 4) is 0 Å². The van der Waals surface area contributed by atoms with E-state index in [1.54, 1.807) is 6.20 Å². The first-order chi connectivity index (χ1) is 13.8. The highest BCUT2D eigenvalue weighted by atomic mass is 16.5. The van der Waals surface area contributed by atoms with Crippen molar-refractivity contribution in [2.75, 3.05) is 26.2 Å². The summed E-state index contributed by atoms with van der Waals surface area (Å²) in [6, 6.07) is 14.1. The third-order valence-corrected chi connectivity index (χ3v) is 5.82. The second-order valence-electron chi connectivity index (χ2n) is 7.79. The maximum absolute atomic E-state index is 13.0. The number of benzene rings is 1. The number of carbonyl (C=O) groups excluding carboxylic acids is 1. The Hall–Kier alpha value is -2.24. The number of carbonyl (C=O) groups is 1. The van der Waals surface area contributed by atoms with Crippen LogP contribution in [0.2, 0.25) is 0 Å². The summed E-state index contributed by atoms with van der Waals surface area (Å²) in [5.41, 5.74) is 3.05. The number of rotatable bonds is 5. The molecule has 2 aromatic rings. The first kappa shape index (κ1) is 19.1. The van der Waals surface area contributed by atoms with Crippen molar-refractivity contribution in [2.45, 2.75) is 44.3 Å². The summed E-state index contributed by atoms with van der Waals surface area (Å²) in [4.78, 5) is 19.3. The Labute approximate surface area is 167 Å². The van der Waals surface area contributed by atoms with Gasteiger partial charge in [-0.05, 0) is 68.0 Å². The minimum Gasteiger partial charge on any atom is -0.372 e. The molecule has 3 heterocycles. The molecule has 0 aliphatic carbocycles. The highest BCUT2D eigenvalue weighted by Gasteiger charge is 2.25. The molecule has 0 radical (unpaired) electrons. The van der Waals surface area contributed by atoms with Crippen LogP contribution in [0.1, 0.15) is 53.2 Å². The van der Waals surface area contributed by atoms with E-state index in [1.807, 2.05) is 35.2 Å². The number of hydrogen-bond acceptors (Lipinski definition) is 4. The smallest absolute Gasteiger partial charge is 0.253 e. The molecule has 1 unspecified atom stereocenters. The summed E-state index contributed by atoms with van der Waals surface area (Å²) >= 11 is 0. The van der Waals surface area contributed by atoms with E-state index in [0.717, 1.165) is 50.3 Å². The zero-order chi connectivity index (χ0) is 19.2. The van der Waals surface area contributed by atoms with Crippen molar-refractivity contribution in [3.05, 3.63) is 65.5 Å². The number of nitrogens with one attached hydrogen (secondary N) is 1. The SMILES string of the molecule is O=C(c1cccc(C2CCCNC2)c1)N1CCC(OCc2ccccn2)CC1. The van der Waals surface area contributed by atoms with Gasteiger partial charge in [-0.2, -0.15) is 0 Å². The van der Waals surface area contributed by atoms with Crippen LogP contribution in [0.5, 0.6) is 0 Å². The molecule has 1 atom stereocenters. The van der Waals surface area contributed by atoms with Crippen LogP contribution in [-0.2, 0) is 11.3 Å². The summed E-state index contributed by atoms with van der Waals surface area (Å²) in [6.45, 7) is 4.15. The Morgan fingerprint density at radius 2 is 2.04 bits per heavy atom. The second-order valence-corrected chi connectivity index (χ2v) is 7.79. The van der Waals surface area contributed by atoms with Crippen LogP contribution in [0.15, 0.2) is 48.7 Å². The Kier molecular flexibility index (Phi) is 6.34. The third-order valence-electron chi connectivity index (χ3n) is 5.82. The third kappa shape index (κ3) is 4.78. The normalized spacial score (nSPS) is 20.9. The van der Waals surface area contributed by atoms with Crippen molar-refractivity contribution in [1.29, 1.82) is 0 Å². The van der Waals surface area contributed by atoms with E-state index in [0.29, 0.717) is 12.5 Å². The molecule has 5 heteroatoms.